The number of non-ortho nitro benzene ring substituents is 1. The van der Waals surface area contributed by atoms with Crippen molar-refractivity contribution in [2.45, 2.75) is 12.8 Å². The number of alkyl halides is 1. The average Bonchev–Trinajstić information content (AvgIpc) is 2.49. The van der Waals surface area contributed by atoms with E-state index in [0.29, 0.717) is 23.1 Å². The van der Waals surface area contributed by atoms with Gasteiger partial charge in [-0.05, 0) is 30.2 Å². The van der Waals surface area contributed by atoms with E-state index >= 15 is 0 Å². The van der Waals surface area contributed by atoms with Gasteiger partial charge in [0.25, 0.3) is 5.69 Å². The molecule has 21 heavy (non-hydrogen) atoms. The lowest BCUT2D eigenvalue weighted by atomic mass is 10.1. The standard InChI is InChI=1S/C15H14ClNO4/c1-10-3-4-11(9-16)7-14(10)21-13-6-5-12(17(18)19)8-15(13)20-2/h3-8H,9H2,1-2H3. The zero-order chi connectivity index (χ0) is 15.4. The van der Waals surface area contributed by atoms with Gasteiger partial charge in [0.2, 0.25) is 0 Å². The van der Waals surface area contributed by atoms with Gasteiger partial charge in [-0.2, -0.15) is 0 Å². The SMILES string of the molecule is COc1cc([N+](=O)[O-])ccc1Oc1cc(CCl)ccc1C. The van der Waals surface area contributed by atoms with Gasteiger partial charge in [-0.1, -0.05) is 12.1 Å². The highest BCUT2D eigenvalue weighted by Crippen LogP contribution is 2.36. The Morgan fingerprint density at radius 1 is 1.14 bits per heavy atom. The molecule has 2 aromatic rings. The first-order valence-electron chi connectivity index (χ1n) is 6.21. The zero-order valence-electron chi connectivity index (χ0n) is 11.6. The molecule has 110 valence electrons. The topological polar surface area (TPSA) is 61.6 Å². The number of benzene rings is 2. The van der Waals surface area contributed by atoms with Gasteiger partial charge >= 0.3 is 0 Å². The summed E-state index contributed by atoms with van der Waals surface area (Å²) in [7, 11) is 1.44. The monoisotopic (exact) mass is 307 g/mol. The van der Waals surface area contributed by atoms with Crippen molar-refractivity contribution in [2.75, 3.05) is 7.11 Å². The van der Waals surface area contributed by atoms with E-state index < -0.39 is 4.92 Å². The molecule has 0 amide bonds. The number of nitro groups is 1. The van der Waals surface area contributed by atoms with Gasteiger partial charge in [-0.25, -0.2) is 0 Å². The summed E-state index contributed by atoms with van der Waals surface area (Å²) >= 11 is 5.81. The summed E-state index contributed by atoms with van der Waals surface area (Å²) in [6.07, 6.45) is 0. The van der Waals surface area contributed by atoms with Gasteiger partial charge in [-0.3, -0.25) is 10.1 Å². The second-order valence-corrected chi connectivity index (χ2v) is 4.70. The third-order valence-electron chi connectivity index (χ3n) is 2.98. The minimum absolute atomic E-state index is 0.0505. The van der Waals surface area contributed by atoms with Crippen molar-refractivity contribution in [1.29, 1.82) is 0 Å². The molecule has 2 rings (SSSR count). The molecule has 0 aromatic heterocycles. The van der Waals surface area contributed by atoms with Crippen LogP contribution in [0.1, 0.15) is 11.1 Å². The molecule has 0 radical (unpaired) electrons. The summed E-state index contributed by atoms with van der Waals surface area (Å²) in [4.78, 5) is 10.3. The van der Waals surface area contributed by atoms with Crippen LogP contribution in [0.3, 0.4) is 0 Å². The number of methoxy groups -OCH3 is 1. The van der Waals surface area contributed by atoms with Crippen LogP contribution in [-0.2, 0) is 5.88 Å². The second-order valence-electron chi connectivity index (χ2n) is 4.43. The number of halogens is 1. The van der Waals surface area contributed by atoms with Crippen molar-refractivity contribution in [2.24, 2.45) is 0 Å². The van der Waals surface area contributed by atoms with Crippen LogP contribution in [0.25, 0.3) is 0 Å². The van der Waals surface area contributed by atoms with E-state index in [1.807, 2.05) is 25.1 Å². The van der Waals surface area contributed by atoms with E-state index in [9.17, 15) is 10.1 Å². The van der Waals surface area contributed by atoms with Crippen molar-refractivity contribution < 1.29 is 14.4 Å². The van der Waals surface area contributed by atoms with Crippen LogP contribution >= 0.6 is 11.6 Å². The molecule has 0 fully saturated rings. The highest BCUT2D eigenvalue weighted by molar-refractivity contribution is 6.17. The second kappa shape index (κ2) is 6.45. The fraction of sp³-hybridized carbons (Fsp3) is 0.200. The zero-order valence-corrected chi connectivity index (χ0v) is 12.4. The number of aryl methyl sites for hydroxylation is 1. The van der Waals surface area contributed by atoms with Gasteiger partial charge < -0.3 is 9.47 Å². The number of ether oxygens (including phenoxy) is 2. The third kappa shape index (κ3) is 3.44. The van der Waals surface area contributed by atoms with Gasteiger partial charge in [0, 0.05) is 11.9 Å². The fourth-order valence-electron chi connectivity index (χ4n) is 1.81. The summed E-state index contributed by atoms with van der Waals surface area (Å²) in [5, 5.41) is 10.8. The quantitative estimate of drug-likeness (QED) is 0.465. The summed E-state index contributed by atoms with van der Waals surface area (Å²) in [6, 6.07) is 9.88. The molecular formula is C15H14ClNO4. The number of rotatable bonds is 5. The van der Waals surface area contributed by atoms with Crippen LogP contribution in [0, 0.1) is 17.0 Å². The van der Waals surface area contributed by atoms with Crippen LogP contribution in [0.4, 0.5) is 5.69 Å². The Bertz CT molecular complexity index is 673. The van der Waals surface area contributed by atoms with Gasteiger partial charge in [0.15, 0.2) is 11.5 Å². The van der Waals surface area contributed by atoms with E-state index in [2.05, 4.69) is 0 Å². The minimum Gasteiger partial charge on any atom is -0.493 e. The lowest BCUT2D eigenvalue weighted by Gasteiger charge is -2.12. The molecule has 0 atom stereocenters. The molecule has 0 N–H and O–H groups in total. The molecule has 0 aliphatic carbocycles. The fourth-order valence-corrected chi connectivity index (χ4v) is 1.98. The first kappa shape index (κ1) is 15.1. The summed E-state index contributed by atoms with van der Waals surface area (Å²) < 4.78 is 11.0. The Kier molecular flexibility index (Phi) is 4.65. The highest BCUT2D eigenvalue weighted by atomic mass is 35.5. The van der Waals surface area contributed by atoms with Crippen LogP contribution in [0.2, 0.25) is 0 Å². The maximum absolute atomic E-state index is 10.8. The summed E-state index contributed by atoms with van der Waals surface area (Å²) in [5.41, 5.74) is 1.81. The molecule has 5 nitrogen and oxygen atoms in total. The molecule has 0 aliphatic heterocycles. The van der Waals surface area contributed by atoms with Crippen LogP contribution in [0.15, 0.2) is 36.4 Å². The Labute approximate surface area is 127 Å². The predicted molar refractivity (Wildman–Crippen MR) is 80.5 cm³/mol. The Morgan fingerprint density at radius 3 is 2.52 bits per heavy atom. The van der Waals surface area contributed by atoms with Crippen molar-refractivity contribution in [3.8, 4) is 17.2 Å². The Balaban J connectivity index is 2.37. The molecule has 0 heterocycles. The number of hydrogen-bond acceptors (Lipinski definition) is 4. The molecule has 0 unspecified atom stereocenters. The summed E-state index contributed by atoms with van der Waals surface area (Å²) in [5.74, 6) is 1.74. The smallest absolute Gasteiger partial charge is 0.273 e. The Hall–Kier alpha value is -2.27. The third-order valence-corrected chi connectivity index (χ3v) is 3.29. The van der Waals surface area contributed by atoms with Crippen LogP contribution in [0.5, 0.6) is 17.2 Å². The van der Waals surface area contributed by atoms with Crippen molar-refractivity contribution in [3.63, 3.8) is 0 Å². The maximum atomic E-state index is 10.8. The highest BCUT2D eigenvalue weighted by Gasteiger charge is 2.14. The summed E-state index contributed by atoms with van der Waals surface area (Å²) in [6.45, 7) is 1.91. The van der Waals surface area contributed by atoms with Gasteiger partial charge in [0.05, 0.1) is 18.1 Å². The van der Waals surface area contributed by atoms with Crippen molar-refractivity contribution >= 4 is 17.3 Å². The average molecular weight is 308 g/mol. The molecule has 0 saturated carbocycles. The van der Waals surface area contributed by atoms with E-state index in [1.54, 1.807) is 0 Å². The van der Waals surface area contributed by atoms with Gasteiger partial charge in [0.1, 0.15) is 5.75 Å². The van der Waals surface area contributed by atoms with E-state index in [-0.39, 0.29) is 5.69 Å². The normalized spacial score (nSPS) is 10.2. The minimum atomic E-state index is -0.480. The Morgan fingerprint density at radius 2 is 1.90 bits per heavy atom. The predicted octanol–water partition coefficient (Wildman–Crippen LogP) is 4.44. The van der Waals surface area contributed by atoms with E-state index in [4.69, 9.17) is 21.1 Å². The molecule has 2 aromatic carbocycles. The first-order chi connectivity index (χ1) is 10.0. The molecule has 0 aliphatic rings. The van der Waals surface area contributed by atoms with Crippen molar-refractivity contribution in [3.05, 3.63) is 57.6 Å². The number of hydrogen-bond donors (Lipinski definition) is 0. The molecule has 0 bridgehead atoms. The molecule has 6 heteroatoms. The molecular weight excluding hydrogens is 294 g/mol. The molecule has 0 saturated heterocycles. The van der Waals surface area contributed by atoms with Crippen molar-refractivity contribution in [1.82, 2.24) is 0 Å². The molecule has 0 spiro atoms. The first-order valence-corrected chi connectivity index (χ1v) is 6.74. The number of nitro benzene ring substituents is 1. The van der Waals surface area contributed by atoms with Crippen LogP contribution < -0.4 is 9.47 Å². The van der Waals surface area contributed by atoms with E-state index in [1.165, 1.54) is 25.3 Å². The lowest BCUT2D eigenvalue weighted by Crippen LogP contribution is -1.95. The maximum Gasteiger partial charge on any atom is 0.273 e. The largest absolute Gasteiger partial charge is 0.493 e. The van der Waals surface area contributed by atoms with E-state index in [0.717, 1.165) is 11.1 Å². The number of nitrogens with zero attached hydrogens (tertiary/aromatic N) is 1. The van der Waals surface area contributed by atoms with Gasteiger partial charge in [-0.15, -0.1) is 11.6 Å². The van der Waals surface area contributed by atoms with Crippen LogP contribution in [-0.4, -0.2) is 12.0 Å². The lowest BCUT2D eigenvalue weighted by molar-refractivity contribution is -0.384.